The fourth-order valence-corrected chi connectivity index (χ4v) is 3.03. The first-order chi connectivity index (χ1) is 8.92. The third-order valence-electron chi connectivity index (χ3n) is 4.34. The van der Waals surface area contributed by atoms with Crippen LogP contribution in [-0.2, 0) is 4.79 Å². The number of carbonyl (C=O) groups excluding carboxylic acids is 1. The predicted molar refractivity (Wildman–Crippen MR) is 79.2 cm³/mol. The lowest BCUT2D eigenvalue weighted by molar-refractivity contribution is -0.910. The Balaban J connectivity index is 0.00000200. The van der Waals surface area contributed by atoms with Crippen LogP contribution in [0.4, 0.5) is 5.69 Å². The molecular formula is C16H25IN2O. The first kappa shape index (κ1) is 17.4. The van der Waals surface area contributed by atoms with Gasteiger partial charge in [-0.3, -0.25) is 4.79 Å². The molecule has 20 heavy (non-hydrogen) atoms. The number of aryl methyl sites for hydroxylation is 2. The molecule has 2 rings (SSSR count). The first-order valence-electron chi connectivity index (χ1n) is 7.11. The SMILES string of the molecule is Cc1cccc(C)c1NC(=O)C1CCCC[N+]1(C)C.[I-]. The third kappa shape index (κ3) is 3.73. The molecule has 1 saturated heterocycles. The van der Waals surface area contributed by atoms with E-state index in [9.17, 15) is 4.79 Å². The van der Waals surface area contributed by atoms with Gasteiger partial charge in [-0.1, -0.05) is 18.2 Å². The molecule has 1 aliphatic rings. The maximum atomic E-state index is 12.6. The van der Waals surface area contributed by atoms with Gasteiger partial charge in [0, 0.05) is 12.1 Å². The molecule has 112 valence electrons. The van der Waals surface area contributed by atoms with Gasteiger partial charge >= 0.3 is 0 Å². The molecule has 1 aromatic carbocycles. The van der Waals surface area contributed by atoms with E-state index in [1.165, 1.54) is 6.42 Å². The van der Waals surface area contributed by atoms with Crippen LogP contribution in [0.15, 0.2) is 18.2 Å². The summed E-state index contributed by atoms with van der Waals surface area (Å²) >= 11 is 0. The van der Waals surface area contributed by atoms with Crippen molar-refractivity contribution in [2.45, 2.75) is 39.2 Å². The number of amides is 1. The fraction of sp³-hybridized carbons (Fsp3) is 0.562. The zero-order chi connectivity index (χ0) is 14.0. The number of para-hydroxylation sites is 1. The minimum atomic E-state index is 0. The highest BCUT2D eigenvalue weighted by Crippen LogP contribution is 2.25. The predicted octanol–water partition coefficient (Wildman–Crippen LogP) is -0.125. The van der Waals surface area contributed by atoms with E-state index < -0.39 is 0 Å². The number of rotatable bonds is 2. The van der Waals surface area contributed by atoms with Gasteiger partial charge in [0.05, 0.1) is 20.6 Å². The summed E-state index contributed by atoms with van der Waals surface area (Å²) in [6.07, 6.45) is 3.37. The first-order valence-corrected chi connectivity index (χ1v) is 7.11. The second-order valence-corrected chi connectivity index (χ2v) is 6.27. The van der Waals surface area contributed by atoms with Crippen LogP contribution < -0.4 is 29.3 Å². The summed E-state index contributed by atoms with van der Waals surface area (Å²) < 4.78 is 0.802. The molecule has 0 saturated carbocycles. The van der Waals surface area contributed by atoms with E-state index in [1.807, 2.05) is 32.0 Å². The second-order valence-electron chi connectivity index (χ2n) is 6.27. The van der Waals surface area contributed by atoms with E-state index in [4.69, 9.17) is 0 Å². The quantitative estimate of drug-likeness (QED) is 0.556. The number of halogens is 1. The van der Waals surface area contributed by atoms with E-state index in [0.29, 0.717) is 0 Å². The van der Waals surface area contributed by atoms with E-state index in [2.05, 4.69) is 19.4 Å². The topological polar surface area (TPSA) is 29.1 Å². The zero-order valence-corrected chi connectivity index (χ0v) is 15.0. The van der Waals surface area contributed by atoms with Gasteiger partial charge in [0.15, 0.2) is 6.04 Å². The average Bonchev–Trinajstić information content (AvgIpc) is 2.33. The van der Waals surface area contributed by atoms with Gasteiger partial charge in [-0.2, -0.15) is 0 Å². The summed E-state index contributed by atoms with van der Waals surface area (Å²) in [6.45, 7) is 5.18. The van der Waals surface area contributed by atoms with Crippen LogP contribution in [-0.4, -0.2) is 37.1 Å². The molecule has 0 bridgehead atoms. The van der Waals surface area contributed by atoms with Crippen molar-refractivity contribution in [3.05, 3.63) is 29.3 Å². The summed E-state index contributed by atoms with van der Waals surface area (Å²) in [5.41, 5.74) is 3.25. The number of benzene rings is 1. The number of anilines is 1. The van der Waals surface area contributed by atoms with Crippen molar-refractivity contribution in [3.8, 4) is 0 Å². The summed E-state index contributed by atoms with van der Waals surface area (Å²) in [6, 6.07) is 6.20. The molecule has 1 fully saturated rings. The maximum absolute atomic E-state index is 12.6. The van der Waals surface area contributed by atoms with Crippen molar-refractivity contribution >= 4 is 11.6 Å². The van der Waals surface area contributed by atoms with Crippen molar-refractivity contribution in [1.29, 1.82) is 0 Å². The number of hydrogen-bond donors (Lipinski definition) is 1. The number of hydrogen-bond acceptors (Lipinski definition) is 1. The Morgan fingerprint density at radius 1 is 1.20 bits per heavy atom. The van der Waals surface area contributed by atoms with E-state index in [-0.39, 0.29) is 35.9 Å². The highest BCUT2D eigenvalue weighted by molar-refractivity contribution is 5.95. The van der Waals surface area contributed by atoms with Crippen molar-refractivity contribution in [1.82, 2.24) is 0 Å². The summed E-state index contributed by atoms with van der Waals surface area (Å²) in [4.78, 5) is 12.6. The Morgan fingerprint density at radius 3 is 2.35 bits per heavy atom. The molecule has 4 heteroatoms. The minimum absolute atomic E-state index is 0. The monoisotopic (exact) mass is 388 g/mol. The maximum Gasteiger partial charge on any atom is 0.282 e. The molecule has 1 aromatic rings. The lowest BCUT2D eigenvalue weighted by Crippen LogP contribution is -3.00. The Bertz CT molecular complexity index is 465. The summed E-state index contributed by atoms with van der Waals surface area (Å²) in [7, 11) is 4.32. The molecule has 1 amide bonds. The molecule has 1 N–H and O–H groups in total. The lowest BCUT2D eigenvalue weighted by Gasteiger charge is -2.40. The molecule has 0 radical (unpaired) electrons. The number of nitrogens with one attached hydrogen (secondary N) is 1. The van der Waals surface area contributed by atoms with E-state index in [0.717, 1.165) is 40.7 Å². The number of quaternary nitrogens is 1. The molecule has 1 aliphatic heterocycles. The molecule has 1 atom stereocenters. The minimum Gasteiger partial charge on any atom is -1.00 e. The lowest BCUT2D eigenvalue weighted by atomic mass is 9.99. The smallest absolute Gasteiger partial charge is 0.282 e. The molecule has 1 heterocycles. The molecule has 3 nitrogen and oxygen atoms in total. The van der Waals surface area contributed by atoms with Crippen molar-refractivity contribution in [3.63, 3.8) is 0 Å². The van der Waals surface area contributed by atoms with Crippen LogP contribution in [0.2, 0.25) is 0 Å². The standard InChI is InChI=1S/C16H24N2O.HI/c1-12-8-7-9-13(2)15(12)17-16(19)14-10-5-6-11-18(14,3)4;/h7-9,14H,5-6,10-11H2,1-4H3;1H. The molecule has 0 aliphatic carbocycles. The van der Waals surface area contributed by atoms with Gasteiger partial charge in [0.1, 0.15) is 0 Å². The normalized spacial score (nSPS) is 20.9. The van der Waals surface area contributed by atoms with Crippen molar-refractivity contribution in [2.75, 3.05) is 26.0 Å². The number of likely N-dealkylation sites (N-methyl/N-ethyl adjacent to an activating group) is 1. The second kappa shape index (κ2) is 6.89. The number of likely N-dealkylation sites (tertiary alicyclic amines) is 1. The number of carbonyl (C=O) groups is 1. The number of nitrogens with zero attached hydrogens (tertiary/aromatic N) is 1. The highest BCUT2D eigenvalue weighted by Gasteiger charge is 2.37. The van der Waals surface area contributed by atoms with E-state index >= 15 is 0 Å². The van der Waals surface area contributed by atoms with Gasteiger partial charge in [-0.05, 0) is 37.8 Å². The summed E-state index contributed by atoms with van der Waals surface area (Å²) in [5.74, 6) is 0.169. The van der Waals surface area contributed by atoms with Crippen LogP contribution >= 0.6 is 0 Å². The fourth-order valence-electron chi connectivity index (χ4n) is 3.03. The van der Waals surface area contributed by atoms with Crippen LogP contribution in [0.3, 0.4) is 0 Å². The van der Waals surface area contributed by atoms with Crippen LogP contribution in [0, 0.1) is 13.8 Å². The summed E-state index contributed by atoms with van der Waals surface area (Å²) in [5, 5.41) is 3.15. The van der Waals surface area contributed by atoms with Crippen LogP contribution in [0.5, 0.6) is 0 Å². The molecule has 0 aromatic heterocycles. The van der Waals surface area contributed by atoms with Gasteiger partial charge in [-0.15, -0.1) is 0 Å². The Morgan fingerprint density at radius 2 is 1.80 bits per heavy atom. The van der Waals surface area contributed by atoms with Crippen LogP contribution in [0.25, 0.3) is 0 Å². The molecule has 1 unspecified atom stereocenters. The van der Waals surface area contributed by atoms with Gasteiger partial charge in [0.25, 0.3) is 5.91 Å². The van der Waals surface area contributed by atoms with Crippen LogP contribution in [0.1, 0.15) is 30.4 Å². The average molecular weight is 388 g/mol. The molecule has 0 spiro atoms. The van der Waals surface area contributed by atoms with Crippen molar-refractivity contribution < 1.29 is 33.3 Å². The van der Waals surface area contributed by atoms with Gasteiger partial charge in [0.2, 0.25) is 0 Å². The van der Waals surface area contributed by atoms with Gasteiger partial charge < -0.3 is 33.8 Å². The number of piperidine rings is 1. The third-order valence-corrected chi connectivity index (χ3v) is 4.34. The zero-order valence-electron chi connectivity index (χ0n) is 12.9. The van der Waals surface area contributed by atoms with E-state index in [1.54, 1.807) is 0 Å². The highest BCUT2D eigenvalue weighted by atomic mass is 127. The molecular weight excluding hydrogens is 363 g/mol. The Hall–Kier alpha value is -0.620. The largest absolute Gasteiger partial charge is 1.00 e. The Labute approximate surface area is 139 Å². The van der Waals surface area contributed by atoms with Crippen molar-refractivity contribution in [2.24, 2.45) is 0 Å². The Kier molecular flexibility index (Phi) is 6.01. The van der Waals surface area contributed by atoms with Gasteiger partial charge in [-0.25, -0.2) is 0 Å².